The quantitative estimate of drug-likeness (QED) is 0.672. The molecule has 0 fully saturated rings. The van der Waals surface area contributed by atoms with Crippen LogP contribution in [0.1, 0.15) is 10.4 Å². The molecule has 0 unspecified atom stereocenters. The van der Waals surface area contributed by atoms with Crippen LogP contribution < -0.4 is 10.6 Å². The molecule has 0 aliphatic heterocycles. The highest BCUT2D eigenvalue weighted by Crippen LogP contribution is 2.17. The van der Waals surface area contributed by atoms with Gasteiger partial charge in [0.2, 0.25) is 0 Å². The van der Waals surface area contributed by atoms with Crippen molar-refractivity contribution < 1.29 is 9.32 Å². The summed E-state index contributed by atoms with van der Waals surface area (Å²) in [6.45, 7) is 0.907. The lowest BCUT2D eigenvalue weighted by molar-refractivity contribution is 0.0955. The highest BCUT2D eigenvalue weighted by Gasteiger charge is 2.08. The zero-order valence-electron chi connectivity index (χ0n) is 12.7. The predicted molar refractivity (Wildman–Crippen MR) is 92.0 cm³/mol. The monoisotopic (exact) mass is 342 g/mol. The molecule has 0 aliphatic rings. The smallest absolute Gasteiger partial charge is 0.263 e. The molecule has 1 aromatic heterocycles. The van der Waals surface area contributed by atoms with Crippen molar-refractivity contribution >= 4 is 23.5 Å². The van der Waals surface area contributed by atoms with E-state index < -0.39 is 0 Å². The van der Waals surface area contributed by atoms with E-state index >= 15 is 0 Å². The Bertz CT molecular complexity index is 803. The Kier molecular flexibility index (Phi) is 5.08. The molecule has 0 atom stereocenters. The molecule has 1 heterocycles. The van der Waals surface area contributed by atoms with Gasteiger partial charge < -0.3 is 15.2 Å². The Balaban J connectivity index is 1.46. The van der Waals surface area contributed by atoms with Crippen LogP contribution in [0.2, 0.25) is 5.02 Å². The summed E-state index contributed by atoms with van der Waals surface area (Å²) in [5.41, 5.74) is 1.42. The third-order valence-corrected chi connectivity index (χ3v) is 3.50. The van der Waals surface area contributed by atoms with Gasteiger partial charge in [-0.1, -0.05) is 29.8 Å². The number of aromatic nitrogens is 2. The van der Waals surface area contributed by atoms with E-state index in [0.717, 1.165) is 5.56 Å². The molecule has 6 nitrogen and oxygen atoms in total. The lowest BCUT2D eigenvalue weighted by atomic mass is 10.2. The van der Waals surface area contributed by atoms with Crippen LogP contribution in [-0.2, 0) is 0 Å². The molecule has 0 radical (unpaired) electrons. The molecule has 7 heteroatoms. The molecule has 0 bridgehead atoms. The van der Waals surface area contributed by atoms with Gasteiger partial charge >= 0.3 is 0 Å². The van der Waals surface area contributed by atoms with Crippen molar-refractivity contribution in [2.75, 3.05) is 18.4 Å². The molecule has 0 saturated carbocycles. The number of hydrogen-bond acceptors (Lipinski definition) is 5. The Morgan fingerprint density at radius 1 is 1.04 bits per heavy atom. The number of amides is 1. The Morgan fingerprint density at radius 3 is 2.54 bits per heavy atom. The number of halogens is 1. The Labute approximate surface area is 143 Å². The lowest BCUT2D eigenvalue weighted by Crippen LogP contribution is -2.28. The molecular weight excluding hydrogens is 328 g/mol. The van der Waals surface area contributed by atoms with Crippen molar-refractivity contribution in [1.29, 1.82) is 0 Å². The summed E-state index contributed by atoms with van der Waals surface area (Å²) in [5.74, 6) is 0.671. The SMILES string of the molecule is O=C(NCCNc1noc(-c2ccccc2)n1)c1ccc(Cl)cc1. The van der Waals surface area contributed by atoms with Crippen LogP contribution in [0.5, 0.6) is 0 Å². The fourth-order valence-corrected chi connectivity index (χ4v) is 2.17. The van der Waals surface area contributed by atoms with E-state index in [2.05, 4.69) is 20.8 Å². The maximum Gasteiger partial charge on any atom is 0.263 e. The Hall–Kier alpha value is -2.86. The molecule has 2 aromatic carbocycles. The maximum absolute atomic E-state index is 11.9. The Morgan fingerprint density at radius 2 is 1.79 bits per heavy atom. The summed E-state index contributed by atoms with van der Waals surface area (Å²) in [7, 11) is 0. The van der Waals surface area contributed by atoms with E-state index in [0.29, 0.717) is 35.5 Å². The van der Waals surface area contributed by atoms with Gasteiger partial charge in [0.05, 0.1) is 0 Å². The molecule has 3 aromatic rings. The normalized spacial score (nSPS) is 10.4. The highest BCUT2D eigenvalue weighted by atomic mass is 35.5. The van der Waals surface area contributed by atoms with Crippen LogP contribution in [0.25, 0.3) is 11.5 Å². The van der Waals surface area contributed by atoms with Crippen molar-refractivity contribution in [3.8, 4) is 11.5 Å². The number of nitrogens with zero attached hydrogens (tertiary/aromatic N) is 2. The maximum atomic E-state index is 11.9. The van der Waals surface area contributed by atoms with Gasteiger partial charge in [0, 0.05) is 29.2 Å². The number of carbonyl (C=O) groups excluding carboxylic acids is 1. The van der Waals surface area contributed by atoms with Crippen LogP contribution in [0.4, 0.5) is 5.95 Å². The number of rotatable bonds is 6. The number of anilines is 1. The predicted octanol–water partition coefficient (Wildman–Crippen LogP) is 3.23. The molecule has 1 amide bonds. The number of nitrogens with one attached hydrogen (secondary N) is 2. The summed E-state index contributed by atoms with van der Waals surface area (Å²) in [4.78, 5) is 16.2. The highest BCUT2D eigenvalue weighted by molar-refractivity contribution is 6.30. The second kappa shape index (κ2) is 7.61. The van der Waals surface area contributed by atoms with E-state index in [4.69, 9.17) is 16.1 Å². The van der Waals surface area contributed by atoms with Crippen molar-refractivity contribution in [3.05, 3.63) is 65.2 Å². The minimum atomic E-state index is -0.161. The molecule has 0 aliphatic carbocycles. The van der Waals surface area contributed by atoms with Crippen molar-refractivity contribution in [2.45, 2.75) is 0 Å². The second-order valence-corrected chi connectivity index (χ2v) is 5.42. The average Bonchev–Trinajstić information content (AvgIpc) is 3.09. The first-order valence-electron chi connectivity index (χ1n) is 7.39. The van der Waals surface area contributed by atoms with E-state index in [1.165, 1.54) is 0 Å². The van der Waals surface area contributed by atoms with Gasteiger partial charge in [0.25, 0.3) is 17.7 Å². The topological polar surface area (TPSA) is 80.0 Å². The molecule has 0 spiro atoms. The summed E-state index contributed by atoms with van der Waals surface area (Å²) >= 11 is 5.79. The summed E-state index contributed by atoms with van der Waals surface area (Å²) < 4.78 is 5.19. The zero-order chi connectivity index (χ0) is 16.8. The third kappa shape index (κ3) is 4.11. The molecular formula is C17H15ClN4O2. The van der Waals surface area contributed by atoms with Crippen molar-refractivity contribution in [2.24, 2.45) is 0 Å². The van der Waals surface area contributed by atoms with Gasteiger partial charge in [0.1, 0.15) is 0 Å². The standard InChI is InChI=1S/C17H15ClN4O2/c18-14-8-6-12(7-9-14)15(23)19-10-11-20-17-21-16(24-22-17)13-4-2-1-3-5-13/h1-9H,10-11H2,(H,19,23)(H,20,22). The van der Waals surface area contributed by atoms with Crippen molar-refractivity contribution in [1.82, 2.24) is 15.5 Å². The van der Waals surface area contributed by atoms with Gasteiger partial charge in [-0.05, 0) is 41.6 Å². The van der Waals surface area contributed by atoms with Gasteiger partial charge in [-0.25, -0.2) is 0 Å². The van der Waals surface area contributed by atoms with E-state index in [1.807, 2.05) is 30.3 Å². The summed E-state index contributed by atoms with van der Waals surface area (Å²) in [6.07, 6.45) is 0. The minimum absolute atomic E-state index is 0.161. The van der Waals surface area contributed by atoms with Crippen LogP contribution in [0.3, 0.4) is 0 Å². The lowest BCUT2D eigenvalue weighted by Gasteiger charge is -2.05. The minimum Gasteiger partial charge on any atom is -0.350 e. The molecule has 3 rings (SSSR count). The fraction of sp³-hybridized carbons (Fsp3) is 0.118. The molecule has 24 heavy (non-hydrogen) atoms. The largest absolute Gasteiger partial charge is 0.350 e. The summed E-state index contributed by atoms with van der Waals surface area (Å²) in [6, 6.07) is 16.2. The molecule has 0 saturated heterocycles. The molecule has 2 N–H and O–H groups in total. The number of benzene rings is 2. The number of carbonyl (C=O) groups is 1. The zero-order valence-corrected chi connectivity index (χ0v) is 13.5. The third-order valence-electron chi connectivity index (χ3n) is 3.25. The van der Waals surface area contributed by atoms with Crippen LogP contribution in [-0.4, -0.2) is 29.1 Å². The van der Waals surface area contributed by atoms with E-state index in [1.54, 1.807) is 24.3 Å². The van der Waals surface area contributed by atoms with Gasteiger partial charge in [-0.2, -0.15) is 4.98 Å². The number of hydrogen-bond donors (Lipinski definition) is 2. The average molecular weight is 343 g/mol. The second-order valence-electron chi connectivity index (χ2n) is 4.98. The van der Waals surface area contributed by atoms with Gasteiger partial charge in [-0.15, -0.1) is 0 Å². The van der Waals surface area contributed by atoms with Gasteiger partial charge in [0.15, 0.2) is 0 Å². The molecule has 122 valence electrons. The van der Waals surface area contributed by atoms with Crippen molar-refractivity contribution in [3.63, 3.8) is 0 Å². The van der Waals surface area contributed by atoms with E-state index in [-0.39, 0.29) is 5.91 Å². The first kappa shape index (κ1) is 16.0. The summed E-state index contributed by atoms with van der Waals surface area (Å²) in [5, 5.41) is 10.2. The van der Waals surface area contributed by atoms with Crippen LogP contribution in [0.15, 0.2) is 59.1 Å². The van der Waals surface area contributed by atoms with E-state index in [9.17, 15) is 4.79 Å². The first-order chi connectivity index (χ1) is 11.7. The first-order valence-corrected chi connectivity index (χ1v) is 7.77. The van der Waals surface area contributed by atoms with Crippen LogP contribution in [0, 0.1) is 0 Å². The van der Waals surface area contributed by atoms with Gasteiger partial charge in [-0.3, -0.25) is 4.79 Å². The fourth-order valence-electron chi connectivity index (χ4n) is 2.05. The van der Waals surface area contributed by atoms with Crippen LogP contribution >= 0.6 is 11.6 Å².